The Bertz CT molecular complexity index is 1490. The lowest BCUT2D eigenvalue weighted by atomic mass is 9.88. The summed E-state index contributed by atoms with van der Waals surface area (Å²) >= 11 is 0. The van der Waals surface area contributed by atoms with Crippen LogP contribution in [0.15, 0.2) is 54.7 Å². The average molecular weight is 468 g/mol. The molecule has 0 radical (unpaired) electrons. The van der Waals surface area contributed by atoms with E-state index >= 15 is 0 Å². The van der Waals surface area contributed by atoms with Gasteiger partial charge < -0.3 is 18.9 Å². The maximum absolute atomic E-state index is 9.44. The molecule has 0 atom stereocenters. The molecule has 2 heterocycles. The van der Waals surface area contributed by atoms with Crippen LogP contribution in [-0.4, -0.2) is 28.4 Å². The first-order valence-electron chi connectivity index (χ1n) is 11.5. The Balaban J connectivity index is 1.84. The Hall–Kier alpha value is -4.24. The number of hydrogen-bond donors (Lipinski definition) is 0. The van der Waals surface area contributed by atoms with Crippen molar-refractivity contribution in [3.05, 3.63) is 77.0 Å². The van der Waals surface area contributed by atoms with E-state index in [4.69, 9.17) is 18.9 Å². The van der Waals surface area contributed by atoms with Gasteiger partial charge in [-0.15, -0.1) is 0 Å². The van der Waals surface area contributed by atoms with Crippen LogP contribution in [0.25, 0.3) is 22.0 Å². The van der Waals surface area contributed by atoms with Crippen molar-refractivity contribution in [1.29, 1.82) is 5.26 Å². The number of aryl methyl sites for hydroxylation is 2. The summed E-state index contributed by atoms with van der Waals surface area (Å²) in [6, 6.07) is 18.2. The van der Waals surface area contributed by atoms with E-state index in [1.54, 1.807) is 28.4 Å². The molecule has 0 fully saturated rings. The van der Waals surface area contributed by atoms with Crippen molar-refractivity contribution in [2.45, 2.75) is 19.4 Å². The minimum Gasteiger partial charge on any atom is -0.493 e. The first kappa shape index (κ1) is 22.5. The van der Waals surface area contributed by atoms with Gasteiger partial charge in [0.1, 0.15) is 0 Å². The van der Waals surface area contributed by atoms with Crippen LogP contribution in [0.4, 0.5) is 0 Å². The van der Waals surface area contributed by atoms with E-state index in [9.17, 15) is 5.26 Å². The van der Waals surface area contributed by atoms with Crippen molar-refractivity contribution in [3.8, 4) is 40.3 Å². The molecule has 1 aliphatic rings. The fourth-order valence-corrected chi connectivity index (χ4v) is 5.08. The van der Waals surface area contributed by atoms with E-state index in [0.717, 1.165) is 51.9 Å². The number of methoxy groups -OCH3 is 4. The number of ether oxygens (including phenoxy) is 4. The molecule has 1 aliphatic heterocycles. The van der Waals surface area contributed by atoms with E-state index in [1.807, 2.05) is 24.3 Å². The van der Waals surface area contributed by atoms with E-state index in [0.29, 0.717) is 29.2 Å². The highest BCUT2D eigenvalue weighted by atomic mass is 16.5. The van der Waals surface area contributed by atoms with Gasteiger partial charge in [0.05, 0.1) is 51.0 Å². The standard InChI is InChI=1S/C29H27N2O4/c1-32-25-9-8-21-23(13-18-6-5-7-19(12-18)16-30)28-22-15-27(34-3)26(33-2)14-20(22)10-11-31(28)17-24(21)29(25)35-4/h5-9,12,14-15,17H,10-11,13H2,1-4H3/q+1. The molecule has 0 amide bonds. The third-order valence-electron chi connectivity index (χ3n) is 6.69. The highest BCUT2D eigenvalue weighted by molar-refractivity contribution is 5.95. The van der Waals surface area contributed by atoms with Crippen molar-refractivity contribution in [1.82, 2.24) is 0 Å². The highest BCUT2D eigenvalue weighted by Gasteiger charge is 2.31. The molecule has 3 aromatic carbocycles. The van der Waals surface area contributed by atoms with Gasteiger partial charge in [-0.25, -0.2) is 0 Å². The summed E-state index contributed by atoms with van der Waals surface area (Å²) < 4.78 is 24.9. The molecule has 0 unspecified atom stereocenters. The second-order valence-electron chi connectivity index (χ2n) is 8.52. The van der Waals surface area contributed by atoms with Gasteiger partial charge in [-0.2, -0.15) is 9.83 Å². The van der Waals surface area contributed by atoms with Gasteiger partial charge in [0.15, 0.2) is 35.7 Å². The topological polar surface area (TPSA) is 64.6 Å². The lowest BCUT2D eigenvalue weighted by Gasteiger charge is -2.22. The number of nitriles is 1. The maximum Gasteiger partial charge on any atom is 0.217 e. The maximum atomic E-state index is 9.44. The van der Waals surface area contributed by atoms with Gasteiger partial charge >= 0.3 is 0 Å². The van der Waals surface area contributed by atoms with Crippen LogP contribution >= 0.6 is 0 Å². The second kappa shape index (κ2) is 9.19. The third-order valence-corrected chi connectivity index (χ3v) is 6.69. The van der Waals surface area contributed by atoms with Crippen LogP contribution in [0, 0.1) is 11.3 Å². The van der Waals surface area contributed by atoms with Gasteiger partial charge in [0, 0.05) is 23.8 Å². The van der Waals surface area contributed by atoms with Crippen molar-refractivity contribution < 1.29 is 23.5 Å². The molecule has 5 rings (SSSR count). The third kappa shape index (κ3) is 3.79. The van der Waals surface area contributed by atoms with Crippen LogP contribution in [0.1, 0.15) is 22.3 Å². The zero-order valence-corrected chi connectivity index (χ0v) is 20.3. The summed E-state index contributed by atoms with van der Waals surface area (Å²) in [4.78, 5) is 0. The molecule has 0 spiro atoms. The average Bonchev–Trinajstić information content (AvgIpc) is 2.91. The Morgan fingerprint density at radius 3 is 2.34 bits per heavy atom. The fraction of sp³-hybridized carbons (Fsp3) is 0.241. The minimum atomic E-state index is 0.648. The first-order chi connectivity index (χ1) is 17.1. The summed E-state index contributed by atoms with van der Waals surface area (Å²) in [7, 11) is 6.65. The summed E-state index contributed by atoms with van der Waals surface area (Å²) in [5.41, 5.74) is 6.35. The molecule has 176 valence electrons. The lowest BCUT2D eigenvalue weighted by molar-refractivity contribution is -0.686. The van der Waals surface area contributed by atoms with Crippen LogP contribution < -0.4 is 23.5 Å². The summed E-state index contributed by atoms with van der Waals surface area (Å²) in [6.45, 7) is 0.819. The Morgan fingerprint density at radius 1 is 0.857 bits per heavy atom. The van der Waals surface area contributed by atoms with Crippen LogP contribution in [-0.2, 0) is 19.4 Å². The van der Waals surface area contributed by atoms with Gasteiger partial charge in [0.25, 0.3) is 0 Å². The monoisotopic (exact) mass is 467 g/mol. The number of rotatable bonds is 6. The van der Waals surface area contributed by atoms with Gasteiger partial charge in [0.2, 0.25) is 5.69 Å². The number of hydrogen-bond acceptors (Lipinski definition) is 5. The molecule has 0 saturated heterocycles. The number of nitrogens with zero attached hydrogens (tertiary/aromatic N) is 2. The van der Waals surface area contributed by atoms with E-state index < -0.39 is 0 Å². The smallest absolute Gasteiger partial charge is 0.217 e. The van der Waals surface area contributed by atoms with Crippen LogP contribution in [0.2, 0.25) is 0 Å². The molecular formula is C29H27N2O4+. The van der Waals surface area contributed by atoms with E-state index in [-0.39, 0.29) is 0 Å². The summed E-state index contributed by atoms with van der Waals surface area (Å²) in [5, 5.41) is 11.5. The zero-order chi connectivity index (χ0) is 24.5. The molecule has 0 bridgehead atoms. The number of benzene rings is 3. The highest BCUT2D eigenvalue weighted by Crippen LogP contribution is 2.43. The molecule has 1 aromatic heterocycles. The normalized spacial score (nSPS) is 11.9. The minimum absolute atomic E-state index is 0.648. The van der Waals surface area contributed by atoms with Crippen LogP contribution in [0.5, 0.6) is 23.0 Å². The van der Waals surface area contributed by atoms with E-state index in [1.165, 1.54) is 5.56 Å². The molecule has 0 N–H and O–H groups in total. The molecule has 0 saturated carbocycles. The van der Waals surface area contributed by atoms with E-state index in [2.05, 4.69) is 41.1 Å². The fourth-order valence-electron chi connectivity index (χ4n) is 5.08. The van der Waals surface area contributed by atoms with Crippen molar-refractivity contribution in [2.24, 2.45) is 0 Å². The zero-order valence-electron chi connectivity index (χ0n) is 20.3. The Kier molecular flexibility index (Phi) is 5.92. The predicted molar refractivity (Wildman–Crippen MR) is 133 cm³/mol. The van der Waals surface area contributed by atoms with Crippen molar-refractivity contribution in [2.75, 3.05) is 28.4 Å². The molecule has 0 aliphatic carbocycles. The number of pyridine rings is 1. The molecule has 4 aromatic rings. The summed E-state index contributed by atoms with van der Waals surface area (Å²) in [6.07, 6.45) is 3.68. The predicted octanol–water partition coefficient (Wildman–Crippen LogP) is 4.85. The molecular weight excluding hydrogens is 440 g/mol. The largest absolute Gasteiger partial charge is 0.493 e. The van der Waals surface area contributed by atoms with Gasteiger partial charge in [-0.1, -0.05) is 12.1 Å². The Labute approximate surface area is 204 Å². The molecule has 6 heteroatoms. The molecule has 35 heavy (non-hydrogen) atoms. The summed E-state index contributed by atoms with van der Waals surface area (Å²) in [5.74, 6) is 2.84. The van der Waals surface area contributed by atoms with Crippen molar-refractivity contribution in [3.63, 3.8) is 0 Å². The van der Waals surface area contributed by atoms with Crippen molar-refractivity contribution >= 4 is 10.8 Å². The lowest BCUT2D eigenvalue weighted by Crippen LogP contribution is -2.41. The Morgan fingerprint density at radius 2 is 1.63 bits per heavy atom. The number of fused-ring (bicyclic) bond motifs is 4. The van der Waals surface area contributed by atoms with Gasteiger partial charge in [-0.05, 0) is 47.5 Å². The van der Waals surface area contributed by atoms with Crippen LogP contribution in [0.3, 0.4) is 0 Å². The second-order valence-corrected chi connectivity index (χ2v) is 8.52. The molecule has 6 nitrogen and oxygen atoms in total. The first-order valence-corrected chi connectivity index (χ1v) is 11.5. The number of aromatic nitrogens is 1. The van der Waals surface area contributed by atoms with Gasteiger partial charge in [-0.3, -0.25) is 0 Å². The SMILES string of the molecule is COc1cc2c(cc1OC)-c1c(Cc3cccc(C#N)c3)c3ccc(OC)c(OC)c3c[n+]1CC2. The quantitative estimate of drug-likeness (QED) is 0.380.